The number of benzene rings is 1. The zero-order chi connectivity index (χ0) is 12.6. The fourth-order valence-corrected chi connectivity index (χ4v) is 2.32. The lowest BCUT2D eigenvalue weighted by Gasteiger charge is -2.19. The summed E-state index contributed by atoms with van der Waals surface area (Å²) in [5, 5.41) is 27.7. The van der Waals surface area contributed by atoms with Crippen molar-refractivity contribution >= 4 is 5.97 Å². The number of carboxylic acid groups (broad SMARTS) is 1. The first-order chi connectivity index (χ1) is 7.99. The zero-order valence-electron chi connectivity index (χ0n) is 9.50. The smallest absolute Gasteiger partial charge is 0.307 e. The van der Waals surface area contributed by atoms with Crippen LogP contribution in [0, 0.1) is 5.92 Å². The Balaban J connectivity index is 2.22. The Kier molecular flexibility index (Phi) is 2.93. The van der Waals surface area contributed by atoms with Crippen molar-refractivity contribution in [1.82, 2.24) is 4.90 Å². The SMILES string of the molecule is CN1CC(C(=O)O)CC1c1ccc(O)c(O)c1. The number of hydrogen-bond acceptors (Lipinski definition) is 4. The fourth-order valence-electron chi connectivity index (χ4n) is 2.32. The molecule has 0 saturated carbocycles. The van der Waals surface area contributed by atoms with Crippen molar-refractivity contribution in [1.29, 1.82) is 0 Å². The molecule has 0 radical (unpaired) electrons. The molecule has 1 aromatic rings. The first-order valence-corrected chi connectivity index (χ1v) is 5.44. The minimum absolute atomic E-state index is 0.0254. The van der Waals surface area contributed by atoms with Crippen molar-refractivity contribution in [2.75, 3.05) is 13.6 Å². The molecule has 0 aliphatic carbocycles. The summed E-state index contributed by atoms with van der Waals surface area (Å²) in [6.07, 6.45) is 0.524. The number of likely N-dealkylation sites (tertiary alicyclic amines) is 1. The molecule has 1 heterocycles. The van der Waals surface area contributed by atoms with Gasteiger partial charge in [0, 0.05) is 12.6 Å². The number of aliphatic carboxylic acids is 1. The summed E-state index contributed by atoms with van der Waals surface area (Å²) in [5.41, 5.74) is 0.826. The van der Waals surface area contributed by atoms with Crippen LogP contribution in [0.1, 0.15) is 18.0 Å². The molecule has 0 bridgehead atoms. The average Bonchev–Trinajstić information content (AvgIpc) is 2.65. The number of hydrogen-bond donors (Lipinski definition) is 3. The van der Waals surface area contributed by atoms with Crippen LogP contribution in [0.2, 0.25) is 0 Å². The van der Waals surface area contributed by atoms with E-state index in [9.17, 15) is 15.0 Å². The summed E-state index contributed by atoms with van der Waals surface area (Å²) < 4.78 is 0. The van der Waals surface area contributed by atoms with E-state index >= 15 is 0 Å². The summed E-state index contributed by atoms with van der Waals surface area (Å²) >= 11 is 0. The highest BCUT2D eigenvalue weighted by Crippen LogP contribution is 2.37. The van der Waals surface area contributed by atoms with Gasteiger partial charge in [-0.2, -0.15) is 0 Å². The second-order valence-electron chi connectivity index (χ2n) is 4.47. The standard InChI is InChI=1S/C12H15NO4/c1-13-6-8(12(16)17)4-9(13)7-2-3-10(14)11(15)5-7/h2-3,5,8-9,14-15H,4,6H2,1H3,(H,16,17). The topological polar surface area (TPSA) is 81.0 Å². The first kappa shape index (κ1) is 11.7. The molecule has 5 heteroatoms. The van der Waals surface area contributed by atoms with Gasteiger partial charge in [-0.1, -0.05) is 6.07 Å². The molecule has 0 aromatic heterocycles. The van der Waals surface area contributed by atoms with Crippen LogP contribution in [0.15, 0.2) is 18.2 Å². The third-order valence-electron chi connectivity index (χ3n) is 3.28. The predicted octanol–water partition coefficient (Wildman–Crippen LogP) is 1.18. The van der Waals surface area contributed by atoms with E-state index in [4.69, 9.17) is 5.11 Å². The van der Waals surface area contributed by atoms with E-state index < -0.39 is 5.97 Å². The van der Waals surface area contributed by atoms with E-state index in [2.05, 4.69) is 0 Å². The largest absolute Gasteiger partial charge is 0.504 e. The summed E-state index contributed by atoms with van der Waals surface area (Å²) in [6.45, 7) is 0.502. The van der Waals surface area contributed by atoms with Crippen LogP contribution < -0.4 is 0 Å². The molecule has 1 aliphatic heterocycles. The van der Waals surface area contributed by atoms with Gasteiger partial charge < -0.3 is 15.3 Å². The molecule has 1 saturated heterocycles. The van der Waals surface area contributed by atoms with Crippen molar-refractivity contribution in [3.8, 4) is 11.5 Å². The van der Waals surface area contributed by atoms with Crippen LogP contribution >= 0.6 is 0 Å². The lowest BCUT2D eigenvalue weighted by Crippen LogP contribution is -2.20. The van der Waals surface area contributed by atoms with Gasteiger partial charge >= 0.3 is 5.97 Å². The van der Waals surface area contributed by atoms with E-state index in [1.165, 1.54) is 12.1 Å². The third kappa shape index (κ3) is 2.19. The minimum Gasteiger partial charge on any atom is -0.504 e. The van der Waals surface area contributed by atoms with Crippen molar-refractivity contribution in [3.63, 3.8) is 0 Å². The lowest BCUT2D eigenvalue weighted by molar-refractivity contribution is -0.141. The molecule has 17 heavy (non-hydrogen) atoms. The normalized spacial score (nSPS) is 25.0. The highest BCUT2D eigenvalue weighted by atomic mass is 16.4. The van der Waals surface area contributed by atoms with Crippen molar-refractivity contribution in [2.24, 2.45) is 5.92 Å². The lowest BCUT2D eigenvalue weighted by atomic mass is 9.99. The molecular weight excluding hydrogens is 222 g/mol. The number of nitrogens with zero attached hydrogens (tertiary/aromatic N) is 1. The molecule has 5 nitrogen and oxygen atoms in total. The monoisotopic (exact) mass is 237 g/mol. The molecule has 2 atom stereocenters. The Morgan fingerprint density at radius 1 is 1.35 bits per heavy atom. The van der Waals surface area contributed by atoms with E-state index in [0.29, 0.717) is 13.0 Å². The second kappa shape index (κ2) is 4.25. The number of phenolic OH excluding ortho intramolecular Hbond substituents is 2. The summed E-state index contributed by atoms with van der Waals surface area (Å²) in [7, 11) is 1.86. The van der Waals surface area contributed by atoms with Gasteiger partial charge in [-0.05, 0) is 31.2 Å². The van der Waals surface area contributed by atoms with E-state index in [0.717, 1.165) is 5.56 Å². The van der Waals surface area contributed by atoms with Gasteiger partial charge in [0.25, 0.3) is 0 Å². The van der Waals surface area contributed by atoms with Crippen LogP contribution in [-0.2, 0) is 4.79 Å². The molecule has 1 fully saturated rings. The van der Waals surface area contributed by atoms with E-state index in [1.54, 1.807) is 6.07 Å². The van der Waals surface area contributed by atoms with Crippen molar-refractivity contribution < 1.29 is 20.1 Å². The third-order valence-corrected chi connectivity index (χ3v) is 3.28. The van der Waals surface area contributed by atoms with Gasteiger partial charge in [-0.3, -0.25) is 9.69 Å². The number of carbonyl (C=O) groups is 1. The number of carboxylic acids is 1. The Labute approximate surface area is 98.9 Å². The minimum atomic E-state index is -0.789. The maximum Gasteiger partial charge on any atom is 0.307 e. The molecule has 2 unspecified atom stereocenters. The van der Waals surface area contributed by atoms with Crippen LogP contribution in [0.4, 0.5) is 0 Å². The molecule has 0 amide bonds. The van der Waals surface area contributed by atoms with Crippen LogP contribution in [0.25, 0.3) is 0 Å². The van der Waals surface area contributed by atoms with Crippen molar-refractivity contribution in [3.05, 3.63) is 23.8 Å². The summed E-state index contributed by atoms with van der Waals surface area (Å²) in [5.74, 6) is -1.50. The highest BCUT2D eigenvalue weighted by Gasteiger charge is 2.34. The predicted molar refractivity (Wildman–Crippen MR) is 60.9 cm³/mol. The quantitative estimate of drug-likeness (QED) is 0.673. The molecule has 92 valence electrons. The Morgan fingerprint density at radius 3 is 2.59 bits per heavy atom. The molecule has 0 spiro atoms. The fraction of sp³-hybridized carbons (Fsp3) is 0.417. The first-order valence-electron chi connectivity index (χ1n) is 5.44. The second-order valence-corrected chi connectivity index (χ2v) is 4.47. The van der Waals surface area contributed by atoms with Crippen LogP contribution in [0.3, 0.4) is 0 Å². The summed E-state index contributed by atoms with van der Waals surface area (Å²) in [4.78, 5) is 12.9. The highest BCUT2D eigenvalue weighted by molar-refractivity contribution is 5.70. The molecule has 1 aromatic carbocycles. The van der Waals surface area contributed by atoms with Gasteiger partial charge in [0.2, 0.25) is 0 Å². The maximum absolute atomic E-state index is 10.9. The molecule has 3 N–H and O–H groups in total. The maximum atomic E-state index is 10.9. The molecular formula is C12H15NO4. The van der Waals surface area contributed by atoms with Crippen LogP contribution in [0.5, 0.6) is 11.5 Å². The molecule has 2 rings (SSSR count). The van der Waals surface area contributed by atoms with Gasteiger partial charge in [0.05, 0.1) is 5.92 Å². The zero-order valence-corrected chi connectivity index (χ0v) is 9.50. The van der Waals surface area contributed by atoms with Gasteiger partial charge in [-0.15, -0.1) is 0 Å². The number of phenols is 2. The number of aromatic hydroxyl groups is 2. The van der Waals surface area contributed by atoms with Gasteiger partial charge in [0.1, 0.15) is 0 Å². The van der Waals surface area contributed by atoms with Crippen LogP contribution in [-0.4, -0.2) is 39.8 Å². The van der Waals surface area contributed by atoms with Gasteiger partial charge in [0.15, 0.2) is 11.5 Å². The van der Waals surface area contributed by atoms with Crippen molar-refractivity contribution in [2.45, 2.75) is 12.5 Å². The van der Waals surface area contributed by atoms with E-state index in [1.807, 2.05) is 11.9 Å². The Morgan fingerprint density at radius 2 is 2.06 bits per heavy atom. The van der Waals surface area contributed by atoms with Gasteiger partial charge in [-0.25, -0.2) is 0 Å². The van der Waals surface area contributed by atoms with E-state index in [-0.39, 0.29) is 23.5 Å². The molecule has 1 aliphatic rings. The Bertz CT molecular complexity index is 446. The Hall–Kier alpha value is -1.75. The number of rotatable bonds is 2. The summed E-state index contributed by atoms with van der Waals surface area (Å²) in [6, 6.07) is 4.59. The average molecular weight is 237 g/mol.